The summed E-state index contributed by atoms with van der Waals surface area (Å²) in [6.07, 6.45) is -4.27. The summed E-state index contributed by atoms with van der Waals surface area (Å²) < 4.78 is 41.5. The fourth-order valence-electron chi connectivity index (χ4n) is 1.76. The Bertz CT molecular complexity index is 292. The maximum atomic E-state index is 12.1. The van der Waals surface area contributed by atoms with E-state index in [4.69, 9.17) is 4.74 Å². The van der Waals surface area contributed by atoms with E-state index in [1.54, 1.807) is 26.1 Å². The van der Waals surface area contributed by atoms with Crippen LogP contribution in [0, 0.1) is 0 Å². The van der Waals surface area contributed by atoms with Gasteiger partial charge in [0.05, 0.1) is 0 Å². The topological polar surface area (TPSA) is 41.6 Å². The third-order valence-electron chi connectivity index (χ3n) is 2.51. The average Bonchev–Trinajstić information content (AvgIpc) is 2.13. The van der Waals surface area contributed by atoms with E-state index in [-0.39, 0.29) is 25.9 Å². The SMILES string of the molecule is CC(C)(C)OC(=O)N1CCC(NC(F)(F)F)CC1. The minimum Gasteiger partial charge on any atom is -0.444 e. The molecule has 1 heterocycles. The van der Waals surface area contributed by atoms with Crippen molar-refractivity contribution in [3.63, 3.8) is 0 Å². The van der Waals surface area contributed by atoms with Crippen molar-refractivity contribution in [3.05, 3.63) is 0 Å². The highest BCUT2D eigenvalue weighted by Crippen LogP contribution is 2.19. The Labute approximate surface area is 104 Å². The molecule has 0 aromatic rings. The Balaban J connectivity index is 2.37. The molecular formula is C11H19F3N2O2. The largest absolute Gasteiger partial charge is 0.457 e. The van der Waals surface area contributed by atoms with Crippen LogP contribution in [0.15, 0.2) is 0 Å². The molecular weight excluding hydrogens is 249 g/mol. The number of piperidine rings is 1. The lowest BCUT2D eigenvalue weighted by atomic mass is 10.1. The molecule has 4 nitrogen and oxygen atoms in total. The van der Waals surface area contributed by atoms with Crippen LogP contribution < -0.4 is 5.32 Å². The van der Waals surface area contributed by atoms with Gasteiger partial charge in [-0.05, 0) is 33.6 Å². The van der Waals surface area contributed by atoms with Crippen LogP contribution in [0.4, 0.5) is 18.0 Å². The normalized spacial score (nSPS) is 18.9. The van der Waals surface area contributed by atoms with Crippen LogP contribution in [0.3, 0.4) is 0 Å². The molecule has 0 unspecified atom stereocenters. The zero-order chi connectivity index (χ0) is 14.0. The van der Waals surface area contributed by atoms with Crippen LogP contribution in [0.5, 0.6) is 0 Å². The minimum atomic E-state index is -4.36. The molecule has 0 saturated carbocycles. The number of hydrogen-bond donors (Lipinski definition) is 1. The van der Waals surface area contributed by atoms with E-state index in [0.717, 1.165) is 0 Å². The molecule has 1 aliphatic heterocycles. The molecule has 1 fully saturated rings. The highest BCUT2D eigenvalue weighted by molar-refractivity contribution is 5.68. The van der Waals surface area contributed by atoms with E-state index in [9.17, 15) is 18.0 Å². The smallest absolute Gasteiger partial charge is 0.444 e. The molecule has 0 aromatic carbocycles. The van der Waals surface area contributed by atoms with Gasteiger partial charge in [0.25, 0.3) is 0 Å². The second kappa shape index (κ2) is 5.34. The van der Waals surface area contributed by atoms with Crippen LogP contribution in [0.25, 0.3) is 0 Å². The summed E-state index contributed by atoms with van der Waals surface area (Å²) in [6.45, 7) is 5.82. The number of halogens is 3. The molecule has 0 aromatic heterocycles. The Morgan fingerprint density at radius 1 is 1.22 bits per heavy atom. The predicted octanol–water partition coefficient (Wildman–Crippen LogP) is 2.50. The standard InChI is InChI=1S/C11H19F3N2O2/c1-10(2,3)18-9(17)16-6-4-8(5-7-16)15-11(12,13)14/h8,15H,4-7H2,1-3H3. The molecule has 1 aliphatic rings. The van der Waals surface area contributed by atoms with Gasteiger partial charge in [0.1, 0.15) is 5.60 Å². The lowest BCUT2D eigenvalue weighted by Crippen LogP contribution is -2.49. The highest BCUT2D eigenvalue weighted by atomic mass is 19.4. The quantitative estimate of drug-likeness (QED) is 0.743. The molecule has 1 amide bonds. The van der Waals surface area contributed by atoms with Crippen LogP contribution in [-0.4, -0.2) is 42.0 Å². The van der Waals surface area contributed by atoms with Crippen LogP contribution in [0.1, 0.15) is 33.6 Å². The predicted molar refractivity (Wildman–Crippen MR) is 60.0 cm³/mol. The molecule has 0 atom stereocenters. The molecule has 0 spiro atoms. The van der Waals surface area contributed by atoms with Crippen LogP contribution >= 0.6 is 0 Å². The van der Waals surface area contributed by atoms with Crippen molar-refractivity contribution < 1.29 is 22.7 Å². The molecule has 18 heavy (non-hydrogen) atoms. The fourth-order valence-corrected chi connectivity index (χ4v) is 1.76. The highest BCUT2D eigenvalue weighted by Gasteiger charge is 2.34. The van der Waals surface area contributed by atoms with Crippen molar-refractivity contribution in [1.29, 1.82) is 0 Å². The lowest BCUT2D eigenvalue weighted by Gasteiger charge is -2.34. The molecule has 0 aliphatic carbocycles. The number of carbonyl (C=O) groups is 1. The van der Waals surface area contributed by atoms with Crippen molar-refractivity contribution in [2.24, 2.45) is 0 Å². The van der Waals surface area contributed by atoms with E-state index in [0.29, 0.717) is 0 Å². The first-order chi connectivity index (χ1) is 8.07. The summed E-state index contributed by atoms with van der Waals surface area (Å²) in [7, 11) is 0. The molecule has 1 rings (SSSR count). The first kappa shape index (κ1) is 15.1. The number of likely N-dealkylation sites (tertiary alicyclic amines) is 1. The summed E-state index contributed by atoms with van der Waals surface area (Å²) in [5.41, 5.74) is -0.585. The number of carbonyl (C=O) groups excluding carboxylic acids is 1. The van der Waals surface area contributed by atoms with Crippen LogP contribution in [0.2, 0.25) is 0 Å². The van der Waals surface area contributed by atoms with Gasteiger partial charge in [-0.1, -0.05) is 0 Å². The molecule has 106 valence electrons. The maximum Gasteiger partial charge on any atom is 0.457 e. The second-order valence-corrected chi connectivity index (χ2v) is 5.38. The van der Waals surface area contributed by atoms with Crippen molar-refractivity contribution in [2.45, 2.75) is 51.6 Å². The van der Waals surface area contributed by atoms with Gasteiger partial charge in [-0.3, -0.25) is 0 Å². The van der Waals surface area contributed by atoms with Gasteiger partial charge in [-0.25, -0.2) is 10.1 Å². The summed E-state index contributed by atoms with van der Waals surface area (Å²) in [5.74, 6) is 0. The van der Waals surface area contributed by atoms with Crippen LogP contribution in [-0.2, 0) is 4.74 Å². The number of ether oxygens (including phenoxy) is 1. The van der Waals surface area contributed by atoms with Gasteiger partial charge < -0.3 is 9.64 Å². The Hall–Kier alpha value is -0.980. The maximum absolute atomic E-state index is 12.1. The number of alkyl halides is 3. The number of rotatable bonds is 1. The minimum absolute atomic E-state index is 0.277. The Morgan fingerprint density at radius 3 is 2.11 bits per heavy atom. The Morgan fingerprint density at radius 2 is 1.72 bits per heavy atom. The number of hydrogen-bond acceptors (Lipinski definition) is 3. The average molecular weight is 268 g/mol. The number of amides is 1. The fraction of sp³-hybridized carbons (Fsp3) is 0.909. The molecule has 1 N–H and O–H groups in total. The van der Waals surface area contributed by atoms with Crippen molar-refractivity contribution in [1.82, 2.24) is 10.2 Å². The summed E-state index contributed by atoms with van der Waals surface area (Å²) in [5, 5.41) is 1.59. The van der Waals surface area contributed by atoms with Gasteiger partial charge in [-0.15, -0.1) is 0 Å². The zero-order valence-corrected chi connectivity index (χ0v) is 10.8. The molecule has 0 bridgehead atoms. The Kier molecular flexibility index (Phi) is 4.47. The molecule has 1 saturated heterocycles. The third kappa shape index (κ3) is 5.57. The molecule has 0 radical (unpaired) electrons. The molecule has 7 heteroatoms. The van der Waals surface area contributed by atoms with Gasteiger partial charge in [0, 0.05) is 19.1 Å². The van der Waals surface area contributed by atoms with Crippen molar-refractivity contribution in [3.8, 4) is 0 Å². The van der Waals surface area contributed by atoms with Gasteiger partial charge in [-0.2, -0.15) is 13.2 Å². The van der Waals surface area contributed by atoms with E-state index >= 15 is 0 Å². The van der Waals surface area contributed by atoms with E-state index < -0.39 is 24.0 Å². The van der Waals surface area contributed by atoms with E-state index in [1.807, 2.05) is 0 Å². The van der Waals surface area contributed by atoms with Gasteiger partial charge >= 0.3 is 12.4 Å². The monoisotopic (exact) mass is 268 g/mol. The van der Waals surface area contributed by atoms with E-state index in [1.165, 1.54) is 4.90 Å². The number of nitrogens with one attached hydrogen (secondary N) is 1. The summed E-state index contributed by atoms with van der Waals surface area (Å²) >= 11 is 0. The van der Waals surface area contributed by atoms with Gasteiger partial charge in [0.15, 0.2) is 0 Å². The second-order valence-electron chi connectivity index (χ2n) is 5.38. The summed E-state index contributed by atoms with van der Waals surface area (Å²) in [6, 6.07) is -0.622. The first-order valence-electron chi connectivity index (χ1n) is 5.89. The van der Waals surface area contributed by atoms with Crippen molar-refractivity contribution in [2.75, 3.05) is 13.1 Å². The van der Waals surface area contributed by atoms with Crippen molar-refractivity contribution >= 4 is 6.09 Å². The first-order valence-corrected chi connectivity index (χ1v) is 5.89. The summed E-state index contributed by atoms with van der Waals surface area (Å²) in [4.78, 5) is 13.1. The van der Waals surface area contributed by atoms with Gasteiger partial charge in [0.2, 0.25) is 0 Å². The number of nitrogens with zero attached hydrogens (tertiary/aromatic N) is 1. The lowest BCUT2D eigenvalue weighted by molar-refractivity contribution is -0.166. The zero-order valence-electron chi connectivity index (χ0n) is 10.8. The van der Waals surface area contributed by atoms with E-state index in [2.05, 4.69) is 0 Å². The third-order valence-corrected chi connectivity index (χ3v) is 2.51.